The lowest BCUT2D eigenvalue weighted by Gasteiger charge is -2.30. The molecule has 0 atom stereocenters. The number of carboxylic acid groups (broad SMARTS) is 1. The van der Waals surface area contributed by atoms with Crippen LogP contribution in [0.3, 0.4) is 0 Å². The first-order valence-corrected chi connectivity index (χ1v) is 4.92. The Bertz CT molecular complexity index is 401. The number of aromatic amines is 1. The van der Waals surface area contributed by atoms with E-state index in [9.17, 15) is 9.59 Å². The lowest BCUT2D eigenvalue weighted by molar-refractivity contribution is 0.125. The van der Waals surface area contributed by atoms with E-state index in [0.717, 1.165) is 0 Å². The smallest absolute Gasteiger partial charge is 0.407 e. The minimum atomic E-state index is -0.880. The van der Waals surface area contributed by atoms with Crippen LogP contribution in [0, 0.1) is 0 Å². The number of likely N-dealkylation sites (tertiary alicyclic amines) is 1. The normalized spacial score (nSPS) is 18.0. The van der Waals surface area contributed by atoms with Crippen molar-refractivity contribution in [3.05, 3.63) is 22.9 Å². The maximum Gasteiger partial charge on any atom is 0.407 e. The van der Waals surface area contributed by atoms with Crippen LogP contribution in [0.4, 0.5) is 4.79 Å². The Hall–Kier alpha value is -1.72. The maximum atomic E-state index is 11.3. The standard InChI is InChI=1S/C9H13N3O3/c13-8-10-3-6-12(8)7-1-4-11(5-2-7)9(14)15/h3,6-7H,1-2,4-5H2,(H,10,13)(H,14,15). The van der Waals surface area contributed by atoms with Gasteiger partial charge in [-0.25, -0.2) is 9.59 Å². The lowest BCUT2D eigenvalue weighted by atomic mass is 10.1. The molecule has 0 radical (unpaired) electrons. The van der Waals surface area contributed by atoms with Crippen LogP contribution < -0.4 is 5.69 Å². The molecule has 15 heavy (non-hydrogen) atoms. The van der Waals surface area contributed by atoms with Gasteiger partial charge in [0.25, 0.3) is 0 Å². The fourth-order valence-corrected chi connectivity index (χ4v) is 1.95. The molecule has 1 aromatic heterocycles. The zero-order valence-electron chi connectivity index (χ0n) is 8.22. The first-order valence-electron chi connectivity index (χ1n) is 4.92. The summed E-state index contributed by atoms with van der Waals surface area (Å²) in [5, 5.41) is 8.76. The van der Waals surface area contributed by atoms with Crippen LogP contribution in [0.25, 0.3) is 0 Å². The van der Waals surface area contributed by atoms with Gasteiger partial charge < -0.3 is 15.0 Å². The van der Waals surface area contributed by atoms with Crippen LogP contribution in [0.5, 0.6) is 0 Å². The zero-order valence-corrected chi connectivity index (χ0v) is 8.22. The van der Waals surface area contributed by atoms with E-state index in [1.807, 2.05) is 0 Å². The average Bonchev–Trinajstić information content (AvgIpc) is 2.65. The summed E-state index contributed by atoms with van der Waals surface area (Å²) in [5.41, 5.74) is -0.122. The van der Waals surface area contributed by atoms with Gasteiger partial charge in [-0.15, -0.1) is 0 Å². The Morgan fingerprint density at radius 2 is 2.13 bits per heavy atom. The van der Waals surface area contributed by atoms with E-state index >= 15 is 0 Å². The first kappa shape index (κ1) is 9.82. The fraction of sp³-hybridized carbons (Fsp3) is 0.556. The Labute approximate surface area is 86.1 Å². The van der Waals surface area contributed by atoms with Crippen LogP contribution in [0.1, 0.15) is 18.9 Å². The average molecular weight is 211 g/mol. The van der Waals surface area contributed by atoms with Gasteiger partial charge in [0.1, 0.15) is 0 Å². The topological polar surface area (TPSA) is 78.3 Å². The summed E-state index contributed by atoms with van der Waals surface area (Å²) in [6.07, 6.45) is 3.83. The molecule has 1 aliphatic heterocycles. The van der Waals surface area contributed by atoms with E-state index in [1.54, 1.807) is 17.0 Å². The summed E-state index contributed by atoms with van der Waals surface area (Å²) in [7, 11) is 0. The van der Waals surface area contributed by atoms with Crippen molar-refractivity contribution in [3.8, 4) is 0 Å². The molecule has 1 aromatic rings. The number of aromatic nitrogens is 2. The molecule has 2 heterocycles. The number of carbonyl (C=O) groups is 1. The van der Waals surface area contributed by atoms with Crippen LogP contribution in [0.2, 0.25) is 0 Å². The Kier molecular flexibility index (Phi) is 2.49. The Morgan fingerprint density at radius 1 is 1.47 bits per heavy atom. The van der Waals surface area contributed by atoms with Crippen molar-refractivity contribution >= 4 is 6.09 Å². The summed E-state index contributed by atoms with van der Waals surface area (Å²) in [4.78, 5) is 25.9. The summed E-state index contributed by atoms with van der Waals surface area (Å²) >= 11 is 0. The first-order chi connectivity index (χ1) is 7.18. The third-order valence-electron chi connectivity index (χ3n) is 2.80. The minimum absolute atomic E-state index is 0.122. The summed E-state index contributed by atoms with van der Waals surface area (Å²) in [6, 6.07) is 0.124. The van der Waals surface area contributed by atoms with Crippen molar-refractivity contribution < 1.29 is 9.90 Å². The predicted octanol–water partition coefficient (Wildman–Crippen LogP) is 0.491. The summed E-state index contributed by atoms with van der Waals surface area (Å²) < 4.78 is 1.64. The molecule has 1 amide bonds. The molecule has 1 saturated heterocycles. The number of nitrogens with zero attached hydrogens (tertiary/aromatic N) is 2. The zero-order chi connectivity index (χ0) is 10.8. The van der Waals surface area contributed by atoms with Gasteiger partial charge >= 0.3 is 11.8 Å². The molecule has 2 N–H and O–H groups in total. The van der Waals surface area contributed by atoms with E-state index in [-0.39, 0.29) is 11.7 Å². The number of rotatable bonds is 1. The molecule has 2 rings (SSSR count). The van der Waals surface area contributed by atoms with E-state index in [0.29, 0.717) is 25.9 Å². The van der Waals surface area contributed by atoms with Crippen LogP contribution in [0.15, 0.2) is 17.2 Å². The van der Waals surface area contributed by atoms with Crippen molar-refractivity contribution in [3.63, 3.8) is 0 Å². The number of piperidine rings is 1. The molecule has 82 valence electrons. The number of H-pyrrole nitrogens is 1. The van der Waals surface area contributed by atoms with Gasteiger partial charge in [-0.05, 0) is 12.8 Å². The van der Waals surface area contributed by atoms with Crippen LogP contribution in [-0.2, 0) is 0 Å². The number of hydrogen-bond donors (Lipinski definition) is 2. The minimum Gasteiger partial charge on any atom is -0.465 e. The summed E-state index contributed by atoms with van der Waals surface area (Å²) in [6.45, 7) is 0.995. The van der Waals surface area contributed by atoms with Gasteiger partial charge in [-0.2, -0.15) is 0 Å². The number of amides is 1. The number of nitrogens with one attached hydrogen (secondary N) is 1. The number of imidazole rings is 1. The second-order valence-electron chi connectivity index (χ2n) is 3.67. The quantitative estimate of drug-likeness (QED) is 0.709. The van der Waals surface area contributed by atoms with E-state index in [4.69, 9.17) is 5.11 Å². The van der Waals surface area contributed by atoms with Crippen molar-refractivity contribution in [2.45, 2.75) is 18.9 Å². The van der Waals surface area contributed by atoms with E-state index in [1.165, 1.54) is 4.90 Å². The van der Waals surface area contributed by atoms with Crippen molar-refractivity contribution in [2.24, 2.45) is 0 Å². The maximum absolute atomic E-state index is 11.3. The predicted molar refractivity (Wildman–Crippen MR) is 52.9 cm³/mol. The number of hydrogen-bond acceptors (Lipinski definition) is 2. The van der Waals surface area contributed by atoms with Crippen molar-refractivity contribution in [2.75, 3.05) is 13.1 Å². The molecular formula is C9H13N3O3. The molecule has 0 bridgehead atoms. The lowest BCUT2D eigenvalue weighted by Crippen LogP contribution is -2.39. The highest BCUT2D eigenvalue weighted by Crippen LogP contribution is 2.20. The second kappa shape index (κ2) is 3.80. The molecule has 1 aliphatic rings. The molecule has 6 nitrogen and oxygen atoms in total. The van der Waals surface area contributed by atoms with Gasteiger partial charge in [-0.3, -0.25) is 4.57 Å². The molecule has 0 unspecified atom stereocenters. The molecule has 0 aromatic carbocycles. The van der Waals surface area contributed by atoms with Gasteiger partial charge in [0, 0.05) is 31.5 Å². The third kappa shape index (κ3) is 1.88. The highest BCUT2D eigenvalue weighted by molar-refractivity contribution is 5.64. The van der Waals surface area contributed by atoms with Crippen LogP contribution in [-0.4, -0.2) is 38.7 Å². The SMILES string of the molecule is O=C(O)N1CCC(n2cc[nH]c2=O)CC1. The third-order valence-corrected chi connectivity index (χ3v) is 2.80. The molecule has 0 aliphatic carbocycles. The van der Waals surface area contributed by atoms with Crippen molar-refractivity contribution in [1.82, 2.24) is 14.5 Å². The molecule has 6 heteroatoms. The van der Waals surface area contributed by atoms with E-state index in [2.05, 4.69) is 4.98 Å². The highest BCUT2D eigenvalue weighted by Gasteiger charge is 2.23. The van der Waals surface area contributed by atoms with Crippen molar-refractivity contribution in [1.29, 1.82) is 0 Å². The molecule has 0 spiro atoms. The van der Waals surface area contributed by atoms with E-state index < -0.39 is 6.09 Å². The molecule has 0 saturated carbocycles. The van der Waals surface area contributed by atoms with Gasteiger partial charge in [0.05, 0.1) is 0 Å². The largest absolute Gasteiger partial charge is 0.465 e. The second-order valence-corrected chi connectivity index (χ2v) is 3.67. The summed E-state index contributed by atoms with van der Waals surface area (Å²) in [5.74, 6) is 0. The highest BCUT2D eigenvalue weighted by atomic mass is 16.4. The molecule has 1 fully saturated rings. The van der Waals surface area contributed by atoms with Gasteiger partial charge in [0.2, 0.25) is 0 Å². The van der Waals surface area contributed by atoms with Gasteiger partial charge in [-0.1, -0.05) is 0 Å². The molecular weight excluding hydrogens is 198 g/mol. The fourth-order valence-electron chi connectivity index (χ4n) is 1.95. The monoisotopic (exact) mass is 211 g/mol. The van der Waals surface area contributed by atoms with Gasteiger partial charge in [0.15, 0.2) is 0 Å². The van der Waals surface area contributed by atoms with Crippen LogP contribution >= 0.6 is 0 Å². The Balaban J connectivity index is 2.03. The Morgan fingerprint density at radius 3 is 2.60 bits per heavy atom.